The molecule has 0 spiro atoms. The summed E-state index contributed by atoms with van der Waals surface area (Å²) in [6.45, 7) is 3.15. The van der Waals surface area contributed by atoms with E-state index >= 15 is 0 Å². The van der Waals surface area contributed by atoms with Crippen LogP contribution in [0, 0.1) is 5.92 Å². The third-order valence-corrected chi connectivity index (χ3v) is 3.68. The molecule has 3 atom stereocenters. The van der Waals surface area contributed by atoms with Crippen molar-refractivity contribution in [3.05, 3.63) is 0 Å². The van der Waals surface area contributed by atoms with Gasteiger partial charge in [0.2, 0.25) is 0 Å². The summed E-state index contributed by atoms with van der Waals surface area (Å²) in [5.41, 5.74) is 5.91. The molecule has 84 valence electrons. The van der Waals surface area contributed by atoms with Crippen molar-refractivity contribution in [3.8, 4) is 0 Å². The van der Waals surface area contributed by atoms with Gasteiger partial charge in [-0.3, -0.25) is 0 Å². The minimum absolute atomic E-state index is 0.432. The molecular weight excluding hydrogens is 194 g/mol. The first-order chi connectivity index (χ1) is 6.76. The molecule has 14 heavy (non-hydrogen) atoms. The standard InChI is InChI=1S/C11H23NOS/c1-9-7-10(5-3-4-6-12)13-11(8-9)14-2/h9-11H,3-8,12H2,1-2H3. The third-order valence-electron chi connectivity index (χ3n) is 2.85. The molecule has 1 fully saturated rings. The second kappa shape index (κ2) is 6.70. The van der Waals surface area contributed by atoms with Crippen LogP contribution in [0.4, 0.5) is 0 Å². The van der Waals surface area contributed by atoms with E-state index in [0.717, 1.165) is 18.9 Å². The van der Waals surface area contributed by atoms with E-state index in [1.807, 2.05) is 11.8 Å². The van der Waals surface area contributed by atoms with E-state index in [2.05, 4.69) is 13.2 Å². The van der Waals surface area contributed by atoms with Crippen molar-refractivity contribution in [1.29, 1.82) is 0 Å². The monoisotopic (exact) mass is 217 g/mol. The van der Waals surface area contributed by atoms with Crippen molar-refractivity contribution >= 4 is 11.8 Å². The van der Waals surface area contributed by atoms with Gasteiger partial charge in [0.05, 0.1) is 6.10 Å². The molecule has 1 heterocycles. The predicted molar refractivity (Wildman–Crippen MR) is 63.5 cm³/mol. The lowest BCUT2D eigenvalue weighted by atomic mass is 9.95. The van der Waals surface area contributed by atoms with E-state index in [1.165, 1.54) is 25.7 Å². The number of ether oxygens (including phenoxy) is 1. The van der Waals surface area contributed by atoms with Crippen molar-refractivity contribution in [2.45, 2.75) is 50.6 Å². The van der Waals surface area contributed by atoms with Gasteiger partial charge < -0.3 is 10.5 Å². The maximum absolute atomic E-state index is 5.97. The second-order valence-electron chi connectivity index (χ2n) is 4.28. The van der Waals surface area contributed by atoms with Crippen LogP contribution in [0.3, 0.4) is 0 Å². The summed E-state index contributed by atoms with van der Waals surface area (Å²) in [7, 11) is 0. The Kier molecular flexibility index (Phi) is 5.90. The number of unbranched alkanes of at least 4 members (excludes halogenated alkanes) is 1. The summed E-state index contributed by atoms with van der Waals surface area (Å²) in [5.74, 6) is 0.823. The fraction of sp³-hybridized carbons (Fsp3) is 1.00. The van der Waals surface area contributed by atoms with Gasteiger partial charge in [-0.2, -0.15) is 0 Å². The van der Waals surface area contributed by atoms with E-state index in [9.17, 15) is 0 Å². The average Bonchev–Trinajstić information content (AvgIpc) is 2.17. The summed E-state index contributed by atoms with van der Waals surface area (Å²) in [4.78, 5) is 0. The number of hydrogen-bond donors (Lipinski definition) is 1. The third kappa shape index (κ3) is 4.20. The molecule has 2 N–H and O–H groups in total. The lowest BCUT2D eigenvalue weighted by Gasteiger charge is -2.33. The van der Waals surface area contributed by atoms with Gasteiger partial charge in [-0.15, -0.1) is 11.8 Å². The summed E-state index contributed by atoms with van der Waals surface area (Å²) >= 11 is 1.85. The molecular formula is C11H23NOS. The van der Waals surface area contributed by atoms with Gasteiger partial charge in [-0.05, 0) is 50.8 Å². The first kappa shape index (κ1) is 12.3. The van der Waals surface area contributed by atoms with Crippen LogP contribution in [0.15, 0.2) is 0 Å². The Morgan fingerprint density at radius 3 is 2.79 bits per heavy atom. The molecule has 0 aromatic heterocycles. The molecule has 0 aromatic rings. The highest BCUT2D eigenvalue weighted by Crippen LogP contribution is 2.31. The fourth-order valence-corrected chi connectivity index (χ4v) is 2.84. The second-order valence-corrected chi connectivity index (χ2v) is 5.28. The number of hydrogen-bond acceptors (Lipinski definition) is 3. The summed E-state index contributed by atoms with van der Waals surface area (Å²) in [5, 5.41) is 0. The van der Waals surface area contributed by atoms with E-state index in [4.69, 9.17) is 10.5 Å². The highest BCUT2D eigenvalue weighted by molar-refractivity contribution is 7.99. The summed E-state index contributed by atoms with van der Waals surface area (Å²) < 4.78 is 5.97. The molecule has 0 bridgehead atoms. The highest BCUT2D eigenvalue weighted by atomic mass is 32.2. The number of rotatable bonds is 5. The van der Waals surface area contributed by atoms with Gasteiger partial charge in [0.25, 0.3) is 0 Å². The van der Waals surface area contributed by atoms with Crippen LogP contribution < -0.4 is 5.73 Å². The Morgan fingerprint density at radius 2 is 2.14 bits per heavy atom. The minimum Gasteiger partial charge on any atom is -0.364 e. The van der Waals surface area contributed by atoms with Crippen molar-refractivity contribution in [2.24, 2.45) is 11.7 Å². The van der Waals surface area contributed by atoms with Crippen molar-refractivity contribution < 1.29 is 4.74 Å². The lowest BCUT2D eigenvalue weighted by molar-refractivity contribution is -0.0287. The van der Waals surface area contributed by atoms with E-state index < -0.39 is 0 Å². The number of thioether (sulfide) groups is 1. The molecule has 1 rings (SSSR count). The van der Waals surface area contributed by atoms with Crippen LogP contribution in [0.5, 0.6) is 0 Å². The van der Waals surface area contributed by atoms with Crippen LogP contribution in [0.1, 0.15) is 39.0 Å². The Hall–Kier alpha value is 0.270. The zero-order valence-electron chi connectivity index (χ0n) is 9.37. The van der Waals surface area contributed by atoms with Crippen molar-refractivity contribution in [3.63, 3.8) is 0 Å². The quantitative estimate of drug-likeness (QED) is 0.719. The Morgan fingerprint density at radius 1 is 1.36 bits per heavy atom. The zero-order chi connectivity index (χ0) is 10.4. The van der Waals surface area contributed by atoms with Gasteiger partial charge in [0.15, 0.2) is 0 Å². The molecule has 3 unspecified atom stereocenters. The van der Waals surface area contributed by atoms with Gasteiger partial charge in [-0.1, -0.05) is 6.92 Å². The minimum atomic E-state index is 0.432. The summed E-state index contributed by atoms with van der Waals surface area (Å²) in [6, 6.07) is 0. The Labute approximate surface area is 92.0 Å². The first-order valence-electron chi connectivity index (χ1n) is 5.64. The van der Waals surface area contributed by atoms with Gasteiger partial charge in [0, 0.05) is 0 Å². The lowest BCUT2D eigenvalue weighted by Crippen LogP contribution is -2.30. The zero-order valence-corrected chi connectivity index (χ0v) is 10.2. The van der Waals surface area contributed by atoms with Crippen molar-refractivity contribution in [1.82, 2.24) is 0 Å². The van der Waals surface area contributed by atoms with E-state index in [1.54, 1.807) is 0 Å². The van der Waals surface area contributed by atoms with Crippen LogP contribution in [-0.4, -0.2) is 24.3 Å². The topological polar surface area (TPSA) is 35.2 Å². The van der Waals surface area contributed by atoms with Crippen LogP contribution in [0.2, 0.25) is 0 Å². The van der Waals surface area contributed by atoms with E-state index in [0.29, 0.717) is 11.5 Å². The fourth-order valence-electron chi connectivity index (χ4n) is 2.05. The van der Waals surface area contributed by atoms with Gasteiger partial charge in [-0.25, -0.2) is 0 Å². The maximum Gasteiger partial charge on any atom is 0.103 e. The normalized spacial score (nSPS) is 33.2. The van der Waals surface area contributed by atoms with Gasteiger partial charge >= 0.3 is 0 Å². The number of nitrogens with two attached hydrogens (primary N) is 1. The average molecular weight is 217 g/mol. The van der Waals surface area contributed by atoms with E-state index in [-0.39, 0.29) is 0 Å². The smallest absolute Gasteiger partial charge is 0.103 e. The summed E-state index contributed by atoms with van der Waals surface area (Å²) in [6.07, 6.45) is 8.63. The Bertz CT molecular complexity index is 154. The molecule has 0 aliphatic carbocycles. The Balaban J connectivity index is 2.23. The van der Waals surface area contributed by atoms with Gasteiger partial charge in [0.1, 0.15) is 5.44 Å². The molecule has 2 nitrogen and oxygen atoms in total. The predicted octanol–water partition coefficient (Wildman–Crippen LogP) is 2.62. The molecule has 0 amide bonds. The molecule has 0 aromatic carbocycles. The molecule has 3 heteroatoms. The van der Waals surface area contributed by atoms with Crippen LogP contribution >= 0.6 is 11.8 Å². The SMILES string of the molecule is CSC1CC(C)CC(CCCCN)O1. The van der Waals surface area contributed by atoms with Crippen LogP contribution in [-0.2, 0) is 4.74 Å². The largest absolute Gasteiger partial charge is 0.364 e. The first-order valence-corrected chi connectivity index (χ1v) is 6.93. The molecule has 1 aliphatic rings. The molecule has 1 saturated heterocycles. The molecule has 0 saturated carbocycles. The maximum atomic E-state index is 5.97. The molecule has 0 radical (unpaired) electrons. The highest BCUT2D eigenvalue weighted by Gasteiger charge is 2.25. The molecule has 1 aliphatic heterocycles. The van der Waals surface area contributed by atoms with Crippen molar-refractivity contribution in [2.75, 3.05) is 12.8 Å². The van der Waals surface area contributed by atoms with Crippen LogP contribution in [0.25, 0.3) is 0 Å².